The van der Waals surface area contributed by atoms with Crippen LogP contribution in [-0.2, 0) is 14.4 Å². The second-order valence-corrected chi connectivity index (χ2v) is 17.5. The van der Waals surface area contributed by atoms with Crippen molar-refractivity contribution in [3.63, 3.8) is 0 Å². The van der Waals surface area contributed by atoms with Crippen molar-refractivity contribution < 1.29 is 24.0 Å². The van der Waals surface area contributed by atoms with E-state index in [0.29, 0.717) is 53.3 Å². The van der Waals surface area contributed by atoms with Gasteiger partial charge in [-0.1, -0.05) is 11.6 Å². The number of carbonyl (C=O) groups excluding carboxylic acids is 5. The maximum atomic E-state index is 13.5. The summed E-state index contributed by atoms with van der Waals surface area (Å²) in [6, 6.07) is 21.6. The number of carbonyl (C=O) groups is 5. The van der Waals surface area contributed by atoms with Crippen molar-refractivity contribution in [2.24, 2.45) is 5.41 Å². The van der Waals surface area contributed by atoms with Gasteiger partial charge in [0.15, 0.2) is 0 Å². The number of halogens is 1. The Balaban J connectivity index is 0.770. The third-order valence-corrected chi connectivity index (χ3v) is 13.7. The second kappa shape index (κ2) is 16.7. The first-order chi connectivity index (χ1) is 28.4. The molecule has 1 saturated carbocycles. The van der Waals surface area contributed by atoms with Crippen LogP contribution in [0.5, 0.6) is 0 Å². The molecule has 1 spiro atoms. The van der Waals surface area contributed by atoms with E-state index in [1.54, 1.807) is 13.0 Å². The lowest BCUT2D eigenvalue weighted by atomic mass is 9.76. The molecule has 5 fully saturated rings. The Morgan fingerprint density at radius 1 is 0.966 bits per heavy atom. The third kappa shape index (κ3) is 8.25. The van der Waals surface area contributed by atoms with E-state index >= 15 is 0 Å². The van der Waals surface area contributed by atoms with Crippen molar-refractivity contribution in [1.29, 1.82) is 5.26 Å². The van der Waals surface area contributed by atoms with Crippen LogP contribution in [0, 0.1) is 23.7 Å². The van der Waals surface area contributed by atoms with Crippen molar-refractivity contribution in [1.82, 2.24) is 20.0 Å². The molecule has 1 aliphatic carbocycles. The van der Waals surface area contributed by atoms with Crippen LogP contribution in [-0.4, -0.2) is 115 Å². The van der Waals surface area contributed by atoms with Crippen molar-refractivity contribution in [2.45, 2.75) is 83.0 Å². The van der Waals surface area contributed by atoms with Gasteiger partial charge in [-0.3, -0.25) is 39.1 Å². The van der Waals surface area contributed by atoms with Crippen LogP contribution < -0.4 is 20.4 Å². The van der Waals surface area contributed by atoms with Crippen molar-refractivity contribution in [3.8, 4) is 6.07 Å². The zero-order valence-corrected chi connectivity index (χ0v) is 34.4. The van der Waals surface area contributed by atoms with E-state index in [1.165, 1.54) is 0 Å². The highest BCUT2D eigenvalue weighted by molar-refractivity contribution is 6.32. The molecule has 3 aromatic rings. The summed E-state index contributed by atoms with van der Waals surface area (Å²) >= 11 is 6.38. The van der Waals surface area contributed by atoms with Crippen LogP contribution in [0.2, 0.25) is 5.02 Å². The molecule has 2 atom stereocenters. The molecule has 5 aliphatic rings. The predicted molar refractivity (Wildman–Crippen MR) is 225 cm³/mol. The monoisotopic (exact) mass is 818 g/mol. The van der Waals surface area contributed by atoms with Crippen molar-refractivity contribution in [3.05, 3.63) is 87.9 Å². The minimum atomic E-state index is -1.01. The highest BCUT2D eigenvalue weighted by atomic mass is 35.5. The lowest BCUT2D eigenvalue weighted by Gasteiger charge is -2.46. The predicted octanol–water partition coefficient (Wildman–Crippen LogP) is 5.21. The summed E-state index contributed by atoms with van der Waals surface area (Å²) in [6.07, 6.45) is 5.85. The lowest BCUT2D eigenvalue weighted by molar-refractivity contribution is -0.139. The van der Waals surface area contributed by atoms with Gasteiger partial charge in [0.05, 0.1) is 10.6 Å². The molecule has 308 valence electrons. The maximum absolute atomic E-state index is 13.5. The van der Waals surface area contributed by atoms with Crippen molar-refractivity contribution >= 4 is 58.7 Å². The average molecular weight is 819 g/mol. The van der Waals surface area contributed by atoms with Gasteiger partial charge in [-0.15, -0.1) is 0 Å². The summed E-state index contributed by atoms with van der Waals surface area (Å²) in [6.45, 7) is 10.1. The molecule has 4 heterocycles. The number of aryl methyl sites for hydroxylation is 1. The molecule has 13 nitrogen and oxygen atoms in total. The van der Waals surface area contributed by atoms with Gasteiger partial charge in [0.2, 0.25) is 18.2 Å². The largest absolute Gasteiger partial charge is 0.382 e. The first-order valence-corrected chi connectivity index (χ1v) is 21.2. The number of hydrogen-bond acceptors (Lipinski definition) is 10. The highest BCUT2D eigenvalue weighted by Gasteiger charge is 2.44. The Kier molecular flexibility index (Phi) is 11.4. The summed E-state index contributed by atoms with van der Waals surface area (Å²) in [4.78, 5) is 72.7. The maximum Gasteiger partial charge on any atom is 0.261 e. The van der Waals surface area contributed by atoms with Gasteiger partial charge in [-0.05, 0) is 124 Å². The summed E-state index contributed by atoms with van der Waals surface area (Å²) < 4.78 is 0. The van der Waals surface area contributed by atoms with Gasteiger partial charge >= 0.3 is 0 Å². The van der Waals surface area contributed by atoms with E-state index in [9.17, 15) is 29.2 Å². The normalized spacial score (nSPS) is 24.3. The SMILES string of the molecule is Cc1cc(NC2CC(N3CCN(C(=O)c4ccc(N5CCC6(CC5)CC(C)N(c5ccc(C#N)c(Cl)c5)C6)cc4)CC3)C2)ccc1C(=O)N(C=O)C1CCC(=O)NC1=O. The molecule has 4 saturated heterocycles. The third-order valence-electron chi connectivity index (χ3n) is 13.4. The minimum absolute atomic E-state index is 0.0726. The molecule has 0 radical (unpaired) electrons. The summed E-state index contributed by atoms with van der Waals surface area (Å²) in [7, 11) is 0. The number of nitriles is 1. The Morgan fingerprint density at radius 2 is 1.68 bits per heavy atom. The lowest BCUT2D eigenvalue weighted by Crippen LogP contribution is -2.57. The molecule has 0 bridgehead atoms. The molecule has 4 aliphatic heterocycles. The molecule has 3 aromatic carbocycles. The first-order valence-electron chi connectivity index (χ1n) is 20.8. The van der Waals surface area contributed by atoms with Gasteiger partial charge in [-0.2, -0.15) is 5.26 Å². The molecule has 2 N–H and O–H groups in total. The Bertz CT molecular complexity index is 2170. The Hall–Kier alpha value is -5.45. The number of imide groups is 2. The fraction of sp³-hybridized carbons (Fsp3) is 0.467. The summed E-state index contributed by atoms with van der Waals surface area (Å²) in [5, 5.41) is 15.6. The van der Waals surface area contributed by atoms with Crippen LogP contribution in [0.25, 0.3) is 0 Å². The first kappa shape index (κ1) is 40.3. The standard InChI is InChI=1S/C45H51ClN8O5/c1-29-21-33(6-10-38(29)44(59)54(28-55)40-11-12-41(56)49-42(40)57)48-34-22-37(23-34)51-17-19-52(20-18-51)43(58)31-3-7-35(8-4-31)50-15-13-45(14-16-50)25-30(2)53(27-45)36-9-5-32(26-47)39(46)24-36/h3-10,21,24,28,30,34,37,40,48H,11-20,22-23,25,27H2,1-2H3,(H,49,56,57). The average Bonchev–Trinajstić information content (AvgIpc) is 3.54. The van der Waals surface area contributed by atoms with Gasteiger partial charge in [-0.25, -0.2) is 0 Å². The Labute approximate surface area is 350 Å². The van der Waals surface area contributed by atoms with Crippen LogP contribution in [0.4, 0.5) is 17.1 Å². The van der Waals surface area contributed by atoms with Gasteiger partial charge in [0.1, 0.15) is 12.1 Å². The quantitative estimate of drug-likeness (QED) is 0.218. The van der Waals surface area contributed by atoms with E-state index in [2.05, 4.69) is 50.5 Å². The van der Waals surface area contributed by atoms with E-state index in [1.807, 2.05) is 47.4 Å². The number of anilines is 3. The molecule has 5 amide bonds. The fourth-order valence-electron chi connectivity index (χ4n) is 9.91. The minimum Gasteiger partial charge on any atom is -0.382 e. The number of piperidine rings is 2. The molecular weight excluding hydrogens is 768 g/mol. The van der Waals surface area contributed by atoms with Crippen molar-refractivity contribution in [2.75, 3.05) is 60.9 Å². The smallest absolute Gasteiger partial charge is 0.261 e. The molecular formula is C45H51ClN8O5. The van der Waals surface area contributed by atoms with Crippen LogP contribution >= 0.6 is 11.6 Å². The van der Waals surface area contributed by atoms with Gasteiger partial charge in [0, 0.05) is 98.5 Å². The number of rotatable bonds is 9. The molecule has 2 unspecified atom stereocenters. The number of nitrogens with one attached hydrogen (secondary N) is 2. The number of benzene rings is 3. The molecule has 8 rings (SSSR count). The van der Waals surface area contributed by atoms with E-state index in [0.717, 1.165) is 92.4 Å². The zero-order valence-electron chi connectivity index (χ0n) is 33.7. The molecule has 0 aromatic heterocycles. The number of hydrogen-bond donors (Lipinski definition) is 2. The molecule has 14 heteroatoms. The zero-order chi connectivity index (χ0) is 41.4. The highest BCUT2D eigenvalue weighted by Crippen LogP contribution is 2.46. The van der Waals surface area contributed by atoms with Crippen LogP contribution in [0.1, 0.15) is 83.7 Å². The van der Waals surface area contributed by atoms with Gasteiger partial charge in [0.25, 0.3) is 11.8 Å². The van der Waals surface area contributed by atoms with E-state index in [-0.39, 0.29) is 30.2 Å². The van der Waals surface area contributed by atoms with Crippen LogP contribution in [0.3, 0.4) is 0 Å². The summed E-state index contributed by atoms with van der Waals surface area (Å²) in [5.74, 6) is -1.53. The summed E-state index contributed by atoms with van der Waals surface area (Å²) in [5.41, 5.74) is 5.63. The molecule has 59 heavy (non-hydrogen) atoms. The van der Waals surface area contributed by atoms with E-state index < -0.39 is 23.8 Å². The topological polar surface area (TPSA) is 149 Å². The number of nitrogens with zero attached hydrogens (tertiary/aromatic N) is 6. The van der Waals surface area contributed by atoms with Gasteiger partial charge < -0.3 is 20.0 Å². The number of piperazine rings is 1. The van der Waals surface area contributed by atoms with Crippen LogP contribution in [0.15, 0.2) is 60.7 Å². The fourth-order valence-corrected chi connectivity index (χ4v) is 10.1. The number of amides is 5. The second-order valence-electron chi connectivity index (χ2n) is 17.1. The Morgan fingerprint density at radius 3 is 2.32 bits per heavy atom. The van der Waals surface area contributed by atoms with E-state index in [4.69, 9.17) is 11.6 Å².